The monoisotopic (exact) mass is 230 g/mol. The average Bonchev–Trinajstić information content (AvgIpc) is 2.59. The molecule has 0 bridgehead atoms. The number of carbonyl (C=O) groups excluding carboxylic acids is 1. The molecule has 1 rings (SSSR count). The van der Waals surface area contributed by atoms with E-state index >= 15 is 0 Å². The second-order valence-corrected chi connectivity index (χ2v) is 3.98. The van der Waals surface area contributed by atoms with Crippen molar-refractivity contribution in [1.82, 2.24) is 10.1 Å². The summed E-state index contributed by atoms with van der Waals surface area (Å²) in [4.78, 5) is 13.6. The lowest BCUT2D eigenvalue weighted by molar-refractivity contribution is 0.0707. The Morgan fingerprint density at radius 3 is 2.73 bits per heavy atom. The standard InChI is InChI=1S/C10H15ClN2O2/c1-7(2)13(5-4-11)10(14)9-6-8(3)15-12-9/h6-7H,4-5H2,1-3H3. The number of aryl methyl sites for hydroxylation is 1. The molecule has 5 heteroatoms. The summed E-state index contributed by atoms with van der Waals surface area (Å²) >= 11 is 5.64. The molecule has 0 atom stereocenters. The minimum absolute atomic E-state index is 0.105. The van der Waals surface area contributed by atoms with Crippen molar-refractivity contribution in [2.45, 2.75) is 26.8 Å². The molecular formula is C10H15ClN2O2. The Hall–Kier alpha value is -1.03. The van der Waals surface area contributed by atoms with Crippen LogP contribution < -0.4 is 0 Å². The molecule has 0 saturated carbocycles. The Balaban J connectivity index is 2.80. The first-order chi connectivity index (χ1) is 7.06. The maximum absolute atomic E-state index is 11.9. The number of halogens is 1. The van der Waals surface area contributed by atoms with E-state index in [1.54, 1.807) is 17.9 Å². The minimum Gasteiger partial charge on any atom is -0.361 e. The molecule has 0 aliphatic carbocycles. The number of hydrogen-bond donors (Lipinski definition) is 0. The first kappa shape index (κ1) is 12.0. The fraction of sp³-hybridized carbons (Fsp3) is 0.600. The fourth-order valence-corrected chi connectivity index (χ4v) is 1.48. The van der Waals surface area contributed by atoms with Crippen molar-refractivity contribution < 1.29 is 9.32 Å². The molecule has 0 fully saturated rings. The Labute approximate surface area is 94.2 Å². The van der Waals surface area contributed by atoms with Crippen LogP contribution in [0.1, 0.15) is 30.1 Å². The van der Waals surface area contributed by atoms with Gasteiger partial charge >= 0.3 is 0 Å². The predicted octanol–water partition coefficient (Wildman–Crippen LogP) is 2.07. The highest BCUT2D eigenvalue weighted by Crippen LogP contribution is 2.09. The third-order valence-corrected chi connectivity index (χ3v) is 2.23. The molecule has 1 aromatic heterocycles. The van der Waals surface area contributed by atoms with Crippen LogP contribution in [0.4, 0.5) is 0 Å². The zero-order valence-corrected chi connectivity index (χ0v) is 9.91. The first-order valence-corrected chi connectivity index (χ1v) is 5.40. The lowest BCUT2D eigenvalue weighted by Crippen LogP contribution is -2.38. The van der Waals surface area contributed by atoms with Gasteiger partial charge in [0.1, 0.15) is 5.76 Å². The van der Waals surface area contributed by atoms with Gasteiger partial charge in [-0.2, -0.15) is 0 Å². The van der Waals surface area contributed by atoms with Gasteiger partial charge in [0.2, 0.25) is 0 Å². The molecule has 15 heavy (non-hydrogen) atoms. The molecule has 1 aromatic rings. The smallest absolute Gasteiger partial charge is 0.276 e. The number of rotatable bonds is 4. The van der Waals surface area contributed by atoms with Crippen LogP contribution in [0.3, 0.4) is 0 Å². The molecule has 84 valence electrons. The van der Waals surface area contributed by atoms with Crippen LogP contribution in [0.25, 0.3) is 0 Å². The van der Waals surface area contributed by atoms with Crippen LogP contribution in [0.15, 0.2) is 10.6 Å². The van der Waals surface area contributed by atoms with E-state index in [2.05, 4.69) is 5.16 Å². The molecule has 0 spiro atoms. The first-order valence-electron chi connectivity index (χ1n) is 4.86. The Bertz CT molecular complexity index is 336. The van der Waals surface area contributed by atoms with Gasteiger partial charge in [-0.3, -0.25) is 4.79 Å². The fourth-order valence-electron chi connectivity index (χ4n) is 1.30. The SMILES string of the molecule is Cc1cc(C(=O)N(CCCl)C(C)C)no1. The van der Waals surface area contributed by atoms with E-state index in [9.17, 15) is 4.79 Å². The summed E-state index contributed by atoms with van der Waals surface area (Å²) in [7, 11) is 0. The van der Waals surface area contributed by atoms with E-state index in [0.717, 1.165) is 0 Å². The van der Waals surface area contributed by atoms with Gasteiger partial charge < -0.3 is 9.42 Å². The van der Waals surface area contributed by atoms with Gasteiger partial charge in [-0.1, -0.05) is 5.16 Å². The summed E-state index contributed by atoms with van der Waals surface area (Å²) in [5.74, 6) is 0.913. The van der Waals surface area contributed by atoms with Gasteiger partial charge in [0.05, 0.1) is 0 Å². The molecule has 0 N–H and O–H groups in total. The van der Waals surface area contributed by atoms with Crippen molar-refractivity contribution in [3.63, 3.8) is 0 Å². The van der Waals surface area contributed by atoms with Crippen LogP contribution in [0.2, 0.25) is 0 Å². The number of alkyl halides is 1. The van der Waals surface area contributed by atoms with E-state index in [1.807, 2.05) is 13.8 Å². The lowest BCUT2D eigenvalue weighted by atomic mass is 10.2. The van der Waals surface area contributed by atoms with Gasteiger partial charge in [-0.05, 0) is 20.8 Å². The Morgan fingerprint density at radius 2 is 2.33 bits per heavy atom. The highest BCUT2D eigenvalue weighted by molar-refractivity contribution is 6.18. The molecule has 4 nitrogen and oxygen atoms in total. The summed E-state index contributed by atoms with van der Waals surface area (Å²) in [6, 6.07) is 1.74. The zero-order valence-electron chi connectivity index (χ0n) is 9.16. The largest absolute Gasteiger partial charge is 0.361 e. The van der Waals surface area contributed by atoms with Crippen molar-refractivity contribution in [1.29, 1.82) is 0 Å². The number of aromatic nitrogens is 1. The number of carbonyl (C=O) groups is 1. The van der Waals surface area contributed by atoms with Crippen LogP contribution in [0.5, 0.6) is 0 Å². The highest BCUT2D eigenvalue weighted by atomic mass is 35.5. The van der Waals surface area contributed by atoms with E-state index in [1.165, 1.54) is 0 Å². The molecular weight excluding hydrogens is 216 g/mol. The van der Waals surface area contributed by atoms with Crippen LogP contribution in [0, 0.1) is 6.92 Å². The number of hydrogen-bond acceptors (Lipinski definition) is 3. The molecule has 0 aliphatic heterocycles. The number of amides is 1. The summed E-state index contributed by atoms with van der Waals surface area (Å²) < 4.78 is 4.86. The Morgan fingerprint density at radius 1 is 1.67 bits per heavy atom. The summed E-state index contributed by atoms with van der Waals surface area (Å²) in [6.07, 6.45) is 0. The van der Waals surface area contributed by atoms with Crippen molar-refractivity contribution in [3.05, 3.63) is 17.5 Å². The van der Waals surface area contributed by atoms with Crippen LogP contribution in [-0.2, 0) is 0 Å². The van der Waals surface area contributed by atoms with Gasteiger partial charge in [-0.15, -0.1) is 11.6 Å². The predicted molar refractivity (Wildman–Crippen MR) is 58.1 cm³/mol. The van der Waals surface area contributed by atoms with Crippen molar-refractivity contribution in [2.75, 3.05) is 12.4 Å². The third-order valence-electron chi connectivity index (χ3n) is 2.06. The van der Waals surface area contributed by atoms with E-state index in [-0.39, 0.29) is 11.9 Å². The highest BCUT2D eigenvalue weighted by Gasteiger charge is 2.20. The van der Waals surface area contributed by atoms with Gasteiger partial charge in [0, 0.05) is 24.5 Å². The van der Waals surface area contributed by atoms with Crippen molar-refractivity contribution in [3.8, 4) is 0 Å². The van der Waals surface area contributed by atoms with Gasteiger partial charge in [0.25, 0.3) is 5.91 Å². The lowest BCUT2D eigenvalue weighted by Gasteiger charge is -2.24. The average molecular weight is 231 g/mol. The maximum Gasteiger partial charge on any atom is 0.276 e. The second kappa shape index (κ2) is 5.16. The van der Waals surface area contributed by atoms with Crippen LogP contribution in [-0.4, -0.2) is 34.4 Å². The normalized spacial score (nSPS) is 10.7. The second-order valence-electron chi connectivity index (χ2n) is 3.60. The maximum atomic E-state index is 11.9. The molecule has 0 saturated heterocycles. The molecule has 0 aliphatic rings. The minimum atomic E-state index is -0.137. The Kier molecular flexibility index (Phi) is 4.15. The van der Waals surface area contributed by atoms with E-state index < -0.39 is 0 Å². The number of nitrogens with zero attached hydrogens (tertiary/aromatic N) is 2. The van der Waals surface area contributed by atoms with E-state index in [0.29, 0.717) is 23.9 Å². The molecule has 0 radical (unpaired) electrons. The summed E-state index contributed by atoms with van der Waals surface area (Å²) in [6.45, 7) is 6.16. The van der Waals surface area contributed by atoms with Gasteiger partial charge in [0.15, 0.2) is 5.69 Å². The summed E-state index contributed by atoms with van der Waals surface area (Å²) in [5.41, 5.74) is 0.339. The van der Waals surface area contributed by atoms with Crippen molar-refractivity contribution >= 4 is 17.5 Å². The topological polar surface area (TPSA) is 46.3 Å². The zero-order chi connectivity index (χ0) is 11.4. The molecule has 0 aromatic carbocycles. The third kappa shape index (κ3) is 2.96. The van der Waals surface area contributed by atoms with E-state index in [4.69, 9.17) is 16.1 Å². The molecule has 0 unspecified atom stereocenters. The molecule has 1 heterocycles. The van der Waals surface area contributed by atoms with Crippen molar-refractivity contribution in [2.24, 2.45) is 0 Å². The van der Waals surface area contributed by atoms with Gasteiger partial charge in [-0.25, -0.2) is 0 Å². The molecule has 1 amide bonds. The quantitative estimate of drug-likeness (QED) is 0.744. The summed E-state index contributed by atoms with van der Waals surface area (Å²) in [5, 5.41) is 3.69. The van der Waals surface area contributed by atoms with Crippen LogP contribution >= 0.6 is 11.6 Å².